The highest BCUT2D eigenvalue weighted by molar-refractivity contribution is 5.44. The molecule has 98 valence electrons. The number of aliphatic hydroxyl groups excluding tert-OH is 1. The zero-order valence-electron chi connectivity index (χ0n) is 10.6. The Balaban J connectivity index is 1.63. The highest BCUT2D eigenvalue weighted by Gasteiger charge is 2.32. The Labute approximate surface area is 107 Å². The fourth-order valence-corrected chi connectivity index (χ4v) is 2.25. The Morgan fingerprint density at radius 2 is 2.06 bits per heavy atom. The molecule has 0 saturated heterocycles. The first kappa shape index (κ1) is 11.8. The number of aliphatic hydroxyl groups is 1. The highest BCUT2D eigenvalue weighted by atomic mass is 16.6. The van der Waals surface area contributed by atoms with E-state index in [2.05, 4.69) is 12.2 Å². The molecule has 3 atom stereocenters. The number of fused-ring (bicyclic) bond motifs is 1. The van der Waals surface area contributed by atoms with Crippen molar-refractivity contribution in [3.05, 3.63) is 23.8 Å². The lowest BCUT2D eigenvalue weighted by molar-refractivity contribution is 0.163. The first-order valence-electron chi connectivity index (χ1n) is 6.55. The van der Waals surface area contributed by atoms with E-state index in [9.17, 15) is 5.11 Å². The number of nitrogens with one attached hydrogen (secondary N) is 1. The molecule has 1 aliphatic heterocycles. The maximum atomic E-state index is 10.1. The van der Waals surface area contributed by atoms with Gasteiger partial charge in [0.2, 0.25) is 0 Å². The quantitative estimate of drug-likeness (QED) is 0.849. The van der Waals surface area contributed by atoms with E-state index in [4.69, 9.17) is 9.47 Å². The molecule has 1 aromatic carbocycles. The maximum Gasteiger partial charge on any atom is 0.161 e. The summed E-state index contributed by atoms with van der Waals surface area (Å²) in [6.07, 6.45) is 0.724. The number of hydrogen-bond acceptors (Lipinski definition) is 4. The summed E-state index contributed by atoms with van der Waals surface area (Å²) in [6, 6.07) is 6.22. The van der Waals surface area contributed by atoms with Crippen molar-refractivity contribution in [2.45, 2.75) is 25.5 Å². The Hall–Kier alpha value is -1.26. The van der Waals surface area contributed by atoms with Crippen molar-refractivity contribution >= 4 is 0 Å². The van der Waals surface area contributed by atoms with Crippen molar-refractivity contribution in [1.29, 1.82) is 0 Å². The van der Waals surface area contributed by atoms with Gasteiger partial charge in [0.25, 0.3) is 0 Å². The number of hydrogen-bond donors (Lipinski definition) is 2. The highest BCUT2D eigenvalue weighted by Crippen LogP contribution is 2.33. The number of rotatable bonds is 4. The molecular weight excluding hydrogens is 230 g/mol. The summed E-state index contributed by atoms with van der Waals surface area (Å²) >= 11 is 0. The van der Waals surface area contributed by atoms with E-state index in [1.807, 2.05) is 18.2 Å². The van der Waals surface area contributed by atoms with Crippen LogP contribution in [-0.2, 0) is 0 Å². The average Bonchev–Trinajstić information content (AvgIpc) is 3.11. The summed E-state index contributed by atoms with van der Waals surface area (Å²) < 4.78 is 11.0. The van der Waals surface area contributed by atoms with E-state index in [1.165, 1.54) is 6.42 Å². The van der Waals surface area contributed by atoms with Gasteiger partial charge in [0.05, 0.1) is 6.10 Å². The van der Waals surface area contributed by atoms with Crippen LogP contribution in [0.25, 0.3) is 0 Å². The van der Waals surface area contributed by atoms with E-state index in [0.717, 1.165) is 23.0 Å². The van der Waals surface area contributed by atoms with Crippen molar-refractivity contribution < 1.29 is 14.6 Å². The molecule has 0 spiro atoms. The van der Waals surface area contributed by atoms with E-state index < -0.39 is 6.10 Å². The monoisotopic (exact) mass is 249 g/mol. The molecule has 2 N–H and O–H groups in total. The zero-order valence-corrected chi connectivity index (χ0v) is 10.6. The van der Waals surface area contributed by atoms with Crippen LogP contribution in [0.1, 0.15) is 25.0 Å². The first-order valence-corrected chi connectivity index (χ1v) is 6.55. The van der Waals surface area contributed by atoms with Gasteiger partial charge in [-0.1, -0.05) is 13.0 Å². The van der Waals surface area contributed by atoms with Gasteiger partial charge in [-0.2, -0.15) is 0 Å². The van der Waals surface area contributed by atoms with Gasteiger partial charge in [-0.15, -0.1) is 0 Å². The second kappa shape index (κ2) is 4.78. The van der Waals surface area contributed by atoms with Crippen LogP contribution in [0.3, 0.4) is 0 Å². The van der Waals surface area contributed by atoms with Crippen LogP contribution in [0.15, 0.2) is 18.2 Å². The van der Waals surface area contributed by atoms with Crippen LogP contribution in [-0.4, -0.2) is 30.9 Å². The van der Waals surface area contributed by atoms with Gasteiger partial charge in [0.1, 0.15) is 13.2 Å². The van der Waals surface area contributed by atoms with E-state index in [1.54, 1.807) is 0 Å². The second-order valence-corrected chi connectivity index (χ2v) is 5.15. The van der Waals surface area contributed by atoms with Gasteiger partial charge in [-0.25, -0.2) is 0 Å². The van der Waals surface area contributed by atoms with Crippen LogP contribution in [0.2, 0.25) is 0 Å². The Morgan fingerprint density at radius 3 is 2.78 bits per heavy atom. The van der Waals surface area contributed by atoms with Gasteiger partial charge < -0.3 is 19.9 Å². The Bertz CT molecular complexity index is 435. The molecule has 3 rings (SSSR count). The topological polar surface area (TPSA) is 50.7 Å². The molecule has 18 heavy (non-hydrogen) atoms. The van der Waals surface area contributed by atoms with Gasteiger partial charge in [-0.3, -0.25) is 0 Å². The number of ether oxygens (including phenoxy) is 2. The molecule has 2 aliphatic rings. The van der Waals surface area contributed by atoms with Crippen LogP contribution < -0.4 is 14.8 Å². The summed E-state index contributed by atoms with van der Waals surface area (Å²) in [6.45, 7) is 3.98. The van der Waals surface area contributed by atoms with Crippen molar-refractivity contribution in [3.63, 3.8) is 0 Å². The van der Waals surface area contributed by atoms with Crippen molar-refractivity contribution in [1.82, 2.24) is 5.32 Å². The van der Waals surface area contributed by atoms with Crippen LogP contribution in [0.4, 0.5) is 0 Å². The molecule has 1 saturated carbocycles. The molecule has 0 bridgehead atoms. The summed E-state index contributed by atoms with van der Waals surface area (Å²) in [5.74, 6) is 2.25. The molecule has 0 radical (unpaired) electrons. The molecular formula is C14H19NO3. The standard InChI is InChI=1S/C14H19NO3/c1-9-6-11(9)15-8-12(16)10-2-3-13-14(7-10)18-5-4-17-13/h2-3,7,9,11-12,15-16H,4-6,8H2,1H3. The molecule has 1 aromatic rings. The third-order valence-corrected chi connectivity index (χ3v) is 3.63. The lowest BCUT2D eigenvalue weighted by Crippen LogP contribution is -2.24. The third-order valence-electron chi connectivity index (χ3n) is 3.63. The molecule has 1 fully saturated rings. The predicted octanol–water partition coefficient (Wildman–Crippen LogP) is 1.49. The fourth-order valence-electron chi connectivity index (χ4n) is 2.25. The van der Waals surface area contributed by atoms with E-state index in [-0.39, 0.29) is 0 Å². The van der Waals surface area contributed by atoms with Crippen molar-refractivity contribution in [3.8, 4) is 11.5 Å². The third kappa shape index (κ3) is 2.44. The molecule has 0 amide bonds. The van der Waals surface area contributed by atoms with Crippen LogP contribution in [0, 0.1) is 5.92 Å². The molecule has 3 unspecified atom stereocenters. The van der Waals surface area contributed by atoms with E-state index >= 15 is 0 Å². The first-order chi connectivity index (χ1) is 8.74. The van der Waals surface area contributed by atoms with Crippen LogP contribution in [0.5, 0.6) is 11.5 Å². The van der Waals surface area contributed by atoms with Crippen molar-refractivity contribution in [2.24, 2.45) is 5.92 Å². The van der Waals surface area contributed by atoms with Crippen molar-refractivity contribution in [2.75, 3.05) is 19.8 Å². The van der Waals surface area contributed by atoms with Gasteiger partial charge in [-0.05, 0) is 30.0 Å². The minimum Gasteiger partial charge on any atom is -0.486 e. The van der Waals surface area contributed by atoms with Gasteiger partial charge in [0.15, 0.2) is 11.5 Å². The SMILES string of the molecule is CC1CC1NCC(O)c1ccc2c(c1)OCCO2. The minimum absolute atomic E-state index is 0.492. The molecule has 4 heteroatoms. The predicted molar refractivity (Wildman–Crippen MR) is 68.0 cm³/mol. The maximum absolute atomic E-state index is 10.1. The summed E-state index contributed by atoms with van der Waals surface area (Å²) in [4.78, 5) is 0. The second-order valence-electron chi connectivity index (χ2n) is 5.15. The summed E-state index contributed by atoms with van der Waals surface area (Å²) in [7, 11) is 0. The lowest BCUT2D eigenvalue weighted by atomic mass is 10.1. The fraction of sp³-hybridized carbons (Fsp3) is 0.571. The summed E-state index contributed by atoms with van der Waals surface area (Å²) in [5.41, 5.74) is 0.875. The molecule has 1 aliphatic carbocycles. The van der Waals surface area contributed by atoms with Crippen LogP contribution >= 0.6 is 0 Å². The molecule has 4 nitrogen and oxygen atoms in total. The zero-order chi connectivity index (χ0) is 12.5. The minimum atomic E-state index is -0.492. The molecule has 1 heterocycles. The Morgan fingerprint density at radius 1 is 1.33 bits per heavy atom. The average molecular weight is 249 g/mol. The van der Waals surface area contributed by atoms with E-state index in [0.29, 0.717) is 25.8 Å². The Kier molecular flexibility index (Phi) is 3.14. The smallest absolute Gasteiger partial charge is 0.161 e. The van der Waals surface area contributed by atoms with Gasteiger partial charge >= 0.3 is 0 Å². The lowest BCUT2D eigenvalue weighted by Gasteiger charge is -2.20. The summed E-state index contributed by atoms with van der Waals surface area (Å²) in [5, 5.41) is 13.5. The number of benzene rings is 1. The molecule has 0 aromatic heterocycles. The van der Waals surface area contributed by atoms with Gasteiger partial charge in [0, 0.05) is 12.6 Å². The normalized spacial score (nSPS) is 26.8. The largest absolute Gasteiger partial charge is 0.486 e.